The van der Waals surface area contributed by atoms with Crippen LogP contribution in [0.2, 0.25) is 0 Å². The smallest absolute Gasteiger partial charge is 0.237 e. The highest BCUT2D eigenvalue weighted by Crippen LogP contribution is 2.38. The molecule has 0 saturated heterocycles. The molecular formula is C16H22O4. The lowest BCUT2D eigenvalue weighted by Crippen LogP contribution is -2.07. The lowest BCUT2D eigenvalue weighted by molar-refractivity contribution is -0.454. The van der Waals surface area contributed by atoms with Gasteiger partial charge in [-0.3, -0.25) is 0 Å². The van der Waals surface area contributed by atoms with Crippen LogP contribution < -0.4 is 0 Å². The maximum absolute atomic E-state index is 4.82. The largest absolute Gasteiger partial charge is 0.249 e. The molecule has 0 aromatic heterocycles. The molecular weight excluding hydrogens is 256 g/mol. The number of hydrogen-bond acceptors (Lipinski definition) is 4. The van der Waals surface area contributed by atoms with Crippen molar-refractivity contribution in [3.8, 4) is 0 Å². The third kappa shape index (κ3) is 4.42. The van der Waals surface area contributed by atoms with Crippen molar-refractivity contribution in [1.82, 2.24) is 0 Å². The Morgan fingerprint density at radius 2 is 1.45 bits per heavy atom. The Kier molecular flexibility index (Phi) is 6.21. The maximum atomic E-state index is 4.82. The van der Waals surface area contributed by atoms with Crippen LogP contribution in [0.1, 0.15) is 31.1 Å². The molecule has 2 aliphatic rings. The van der Waals surface area contributed by atoms with Crippen molar-refractivity contribution in [2.45, 2.75) is 25.6 Å². The van der Waals surface area contributed by atoms with Crippen LogP contribution in [0.4, 0.5) is 0 Å². The molecule has 20 heavy (non-hydrogen) atoms. The molecule has 2 atom stereocenters. The fourth-order valence-electron chi connectivity index (χ4n) is 2.63. The standard InChI is InChI=1S/C9H12O4.C7H10/c1-10-12-9(13-11-2)8-6-4-3-5-7-8;1-2-7-4-3-6(1)5-7/h3-7,9H,1-2H3;1-2,6-7H,3-5H2. The second-order valence-corrected chi connectivity index (χ2v) is 4.99. The van der Waals surface area contributed by atoms with Gasteiger partial charge in [-0.2, -0.15) is 9.78 Å². The van der Waals surface area contributed by atoms with E-state index in [1.54, 1.807) is 0 Å². The van der Waals surface area contributed by atoms with Crippen molar-refractivity contribution >= 4 is 0 Å². The Labute approximate surface area is 120 Å². The first-order valence-electron chi connectivity index (χ1n) is 6.95. The number of allylic oxidation sites excluding steroid dienone is 2. The normalized spacial score (nSPS) is 22.9. The molecule has 0 radical (unpaired) electrons. The average molecular weight is 278 g/mol. The molecule has 0 aliphatic heterocycles. The third-order valence-corrected chi connectivity index (χ3v) is 3.61. The predicted molar refractivity (Wildman–Crippen MR) is 75.3 cm³/mol. The Hall–Kier alpha value is -1.20. The van der Waals surface area contributed by atoms with Gasteiger partial charge in [0.05, 0.1) is 14.2 Å². The van der Waals surface area contributed by atoms with Crippen molar-refractivity contribution in [3.05, 3.63) is 48.0 Å². The zero-order valence-corrected chi connectivity index (χ0v) is 12.0. The van der Waals surface area contributed by atoms with E-state index in [1.165, 1.54) is 33.5 Å². The molecule has 0 N–H and O–H groups in total. The van der Waals surface area contributed by atoms with E-state index in [0.29, 0.717) is 0 Å². The highest BCUT2D eigenvalue weighted by atomic mass is 17.3. The molecule has 0 spiro atoms. The highest BCUT2D eigenvalue weighted by molar-refractivity contribution is 5.15. The molecule has 2 bridgehead atoms. The highest BCUT2D eigenvalue weighted by Gasteiger charge is 2.25. The van der Waals surface area contributed by atoms with Gasteiger partial charge in [-0.1, -0.05) is 42.5 Å². The van der Waals surface area contributed by atoms with Crippen LogP contribution in [0.15, 0.2) is 42.5 Å². The van der Waals surface area contributed by atoms with Crippen LogP contribution in [-0.4, -0.2) is 14.2 Å². The van der Waals surface area contributed by atoms with E-state index in [0.717, 1.165) is 17.4 Å². The van der Waals surface area contributed by atoms with Crippen molar-refractivity contribution < 1.29 is 19.6 Å². The molecule has 3 rings (SSSR count). The van der Waals surface area contributed by atoms with Crippen molar-refractivity contribution in [2.24, 2.45) is 11.8 Å². The van der Waals surface area contributed by atoms with Gasteiger partial charge in [0.25, 0.3) is 0 Å². The second-order valence-electron chi connectivity index (χ2n) is 4.99. The van der Waals surface area contributed by atoms with E-state index >= 15 is 0 Å². The summed E-state index contributed by atoms with van der Waals surface area (Å²) in [5.74, 6) is 1.98. The molecule has 0 amide bonds. The van der Waals surface area contributed by atoms with E-state index in [4.69, 9.17) is 9.78 Å². The number of rotatable bonds is 5. The molecule has 110 valence electrons. The van der Waals surface area contributed by atoms with Crippen molar-refractivity contribution in [2.75, 3.05) is 14.2 Å². The summed E-state index contributed by atoms with van der Waals surface area (Å²) >= 11 is 0. The fraction of sp³-hybridized carbons (Fsp3) is 0.500. The minimum absolute atomic E-state index is 0.656. The third-order valence-electron chi connectivity index (χ3n) is 3.61. The predicted octanol–water partition coefficient (Wildman–Crippen LogP) is 3.81. The average Bonchev–Trinajstić information content (AvgIpc) is 3.14. The topological polar surface area (TPSA) is 36.9 Å². The molecule has 2 unspecified atom stereocenters. The summed E-state index contributed by atoms with van der Waals surface area (Å²) in [6, 6.07) is 9.35. The maximum Gasteiger partial charge on any atom is 0.249 e. The second kappa shape index (κ2) is 8.17. The molecule has 1 fully saturated rings. The number of benzene rings is 1. The van der Waals surface area contributed by atoms with Crippen LogP contribution in [-0.2, 0) is 19.6 Å². The molecule has 1 saturated carbocycles. The van der Waals surface area contributed by atoms with Crippen LogP contribution in [0.5, 0.6) is 0 Å². The van der Waals surface area contributed by atoms with Crippen LogP contribution >= 0.6 is 0 Å². The summed E-state index contributed by atoms with van der Waals surface area (Å²) in [5, 5.41) is 0. The molecule has 2 aliphatic carbocycles. The number of fused-ring (bicyclic) bond motifs is 2. The van der Waals surface area contributed by atoms with E-state index < -0.39 is 6.29 Å². The minimum Gasteiger partial charge on any atom is -0.237 e. The van der Waals surface area contributed by atoms with Gasteiger partial charge >= 0.3 is 0 Å². The monoisotopic (exact) mass is 278 g/mol. The van der Waals surface area contributed by atoms with Crippen molar-refractivity contribution in [1.29, 1.82) is 0 Å². The van der Waals surface area contributed by atoms with Gasteiger partial charge in [0.15, 0.2) is 0 Å². The van der Waals surface area contributed by atoms with Gasteiger partial charge in [0, 0.05) is 5.56 Å². The zero-order chi connectivity index (χ0) is 14.2. The minimum atomic E-state index is -0.656. The number of hydrogen-bond donors (Lipinski definition) is 0. The Morgan fingerprint density at radius 3 is 1.80 bits per heavy atom. The summed E-state index contributed by atoms with van der Waals surface area (Å²) < 4.78 is 0. The summed E-state index contributed by atoms with van der Waals surface area (Å²) in [7, 11) is 2.82. The molecule has 0 heterocycles. The zero-order valence-electron chi connectivity index (χ0n) is 12.0. The van der Waals surface area contributed by atoms with E-state index in [-0.39, 0.29) is 0 Å². The van der Waals surface area contributed by atoms with Gasteiger partial charge in [-0.05, 0) is 31.1 Å². The van der Waals surface area contributed by atoms with E-state index in [9.17, 15) is 0 Å². The first-order chi connectivity index (χ1) is 9.83. The molecule has 1 aromatic rings. The summed E-state index contributed by atoms with van der Waals surface area (Å²) in [6.45, 7) is 0. The van der Waals surface area contributed by atoms with Gasteiger partial charge in [0.1, 0.15) is 0 Å². The Balaban J connectivity index is 0.000000173. The van der Waals surface area contributed by atoms with Gasteiger partial charge < -0.3 is 0 Å². The Morgan fingerprint density at radius 1 is 0.900 bits per heavy atom. The molecule has 4 heteroatoms. The first kappa shape index (κ1) is 15.2. The van der Waals surface area contributed by atoms with Gasteiger partial charge in [0.2, 0.25) is 6.29 Å². The van der Waals surface area contributed by atoms with Crippen LogP contribution in [0.25, 0.3) is 0 Å². The lowest BCUT2D eigenvalue weighted by Gasteiger charge is -2.13. The van der Waals surface area contributed by atoms with E-state index in [2.05, 4.69) is 21.9 Å². The lowest BCUT2D eigenvalue weighted by atomic mass is 10.1. The first-order valence-corrected chi connectivity index (χ1v) is 6.95. The molecule has 4 nitrogen and oxygen atoms in total. The quantitative estimate of drug-likeness (QED) is 0.355. The summed E-state index contributed by atoms with van der Waals surface area (Å²) in [4.78, 5) is 18.7. The summed E-state index contributed by atoms with van der Waals surface area (Å²) in [5.41, 5.74) is 0.825. The van der Waals surface area contributed by atoms with E-state index in [1.807, 2.05) is 30.3 Å². The summed E-state index contributed by atoms with van der Waals surface area (Å²) in [6.07, 6.45) is 8.53. The van der Waals surface area contributed by atoms with Gasteiger partial charge in [-0.15, -0.1) is 0 Å². The Bertz CT molecular complexity index is 386. The van der Waals surface area contributed by atoms with Crippen LogP contribution in [0.3, 0.4) is 0 Å². The van der Waals surface area contributed by atoms with Crippen LogP contribution in [0, 0.1) is 11.8 Å². The molecule has 1 aromatic carbocycles. The SMILES string of the molecule is C1=CC2CCC1C2.COOC(OOC)c1ccccc1. The fourth-order valence-corrected chi connectivity index (χ4v) is 2.63. The van der Waals surface area contributed by atoms with Gasteiger partial charge in [-0.25, -0.2) is 9.78 Å². The van der Waals surface area contributed by atoms with Crippen molar-refractivity contribution in [3.63, 3.8) is 0 Å².